The molecule has 7 heavy (non-hydrogen) atoms. The molecular weight excluding hydrogens is 173 g/mol. The average Bonchev–Trinajstić information content (AvgIpc) is 1.37. The molecule has 0 bridgehead atoms. The standard InChI is InChI=1S/C4H6.2CH3.Ru/c1-3-4-2;;;/h3-4H,1-2H2;2*1H3;/q;2*-1;+2. The smallest absolute Gasteiger partial charge is 0.358 e. The Morgan fingerprint density at radius 2 is 1.00 bits per heavy atom. The van der Waals surface area contributed by atoms with Crippen LogP contribution in [0.25, 0.3) is 0 Å². The minimum Gasteiger partial charge on any atom is -0.358 e. The van der Waals surface area contributed by atoms with Crippen molar-refractivity contribution in [2.45, 2.75) is 0 Å². The van der Waals surface area contributed by atoms with E-state index in [2.05, 4.69) is 13.2 Å². The van der Waals surface area contributed by atoms with E-state index in [9.17, 15) is 0 Å². The van der Waals surface area contributed by atoms with Crippen LogP contribution in [0.1, 0.15) is 0 Å². The van der Waals surface area contributed by atoms with Gasteiger partial charge in [0.05, 0.1) is 0 Å². The summed E-state index contributed by atoms with van der Waals surface area (Å²) in [6.45, 7) is 6.72. The van der Waals surface area contributed by atoms with Crippen LogP contribution in [-0.4, -0.2) is 0 Å². The van der Waals surface area contributed by atoms with E-state index in [1.807, 2.05) is 0 Å². The number of allylic oxidation sites excluding steroid dienone is 2. The van der Waals surface area contributed by atoms with Crippen molar-refractivity contribution in [3.8, 4) is 0 Å². The maximum Gasteiger partial charge on any atom is 2.00 e. The van der Waals surface area contributed by atoms with Crippen molar-refractivity contribution < 1.29 is 19.5 Å². The Balaban J connectivity index is -0.0000000150. The third kappa shape index (κ3) is 84.4. The molecule has 0 aliphatic carbocycles. The van der Waals surface area contributed by atoms with Crippen LogP contribution >= 0.6 is 0 Å². The van der Waals surface area contributed by atoms with E-state index in [1.165, 1.54) is 0 Å². The molecule has 0 nitrogen and oxygen atoms in total. The summed E-state index contributed by atoms with van der Waals surface area (Å²) < 4.78 is 0. The quantitative estimate of drug-likeness (QED) is 0.334. The van der Waals surface area contributed by atoms with Crippen molar-refractivity contribution >= 4 is 0 Å². The minimum atomic E-state index is 0. The Kier molecular flexibility index (Phi) is 141. The third-order valence-corrected chi connectivity index (χ3v) is 0.167. The maximum atomic E-state index is 3.36. The number of rotatable bonds is 1. The van der Waals surface area contributed by atoms with Crippen LogP contribution in [0, 0.1) is 14.9 Å². The van der Waals surface area contributed by atoms with E-state index in [1.54, 1.807) is 12.2 Å². The summed E-state index contributed by atoms with van der Waals surface area (Å²) in [5, 5.41) is 0. The first-order chi connectivity index (χ1) is 1.91. The van der Waals surface area contributed by atoms with Gasteiger partial charge in [-0.2, -0.15) is 0 Å². The van der Waals surface area contributed by atoms with Gasteiger partial charge in [0.15, 0.2) is 0 Å². The molecule has 0 unspecified atom stereocenters. The third-order valence-electron chi connectivity index (χ3n) is 0.167. The summed E-state index contributed by atoms with van der Waals surface area (Å²) in [4.78, 5) is 0. The molecule has 0 heterocycles. The molecule has 0 saturated heterocycles. The van der Waals surface area contributed by atoms with Crippen LogP contribution in [-0.2, 0) is 19.5 Å². The first kappa shape index (κ1) is 27.5. The summed E-state index contributed by atoms with van der Waals surface area (Å²) in [5.41, 5.74) is 0. The molecule has 0 aliphatic rings. The van der Waals surface area contributed by atoms with Crippen molar-refractivity contribution in [2.24, 2.45) is 0 Å². The van der Waals surface area contributed by atoms with Gasteiger partial charge in [-0.15, -0.1) is 0 Å². The monoisotopic (exact) mass is 186 g/mol. The Morgan fingerprint density at radius 1 is 0.857 bits per heavy atom. The normalized spacial score (nSPS) is 2.86. The van der Waals surface area contributed by atoms with Gasteiger partial charge in [0.25, 0.3) is 0 Å². The molecule has 0 aromatic heterocycles. The van der Waals surface area contributed by atoms with Crippen molar-refractivity contribution in [1.82, 2.24) is 0 Å². The molecule has 0 fully saturated rings. The molecule has 0 spiro atoms. The van der Waals surface area contributed by atoms with Gasteiger partial charge in [-0.05, 0) is 0 Å². The van der Waals surface area contributed by atoms with E-state index in [0.717, 1.165) is 0 Å². The Labute approximate surface area is 60.1 Å². The van der Waals surface area contributed by atoms with E-state index >= 15 is 0 Å². The molecule has 0 N–H and O–H groups in total. The molecule has 1 heteroatoms. The Hall–Kier alpha value is 0.103. The zero-order valence-electron chi connectivity index (χ0n) is 4.92. The predicted molar refractivity (Wildman–Crippen MR) is 33.2 cm³/mol. The average molecular weight is 185 g/mol. The molecule has 0 saturated carbocycles. The maximum absolute atomic E-state index is 3.36. The summed E-state index contributed by atoms with van der Waals surface area (Å²) >= 11 is 0. The molecule has 0 aromatic rings. The Bertz CT molecular complexity index is 25.2. The summed E-state index contributed by atoms with van der Waals surface area (Å²) in [6, 6.07) is 0. The van der Waals surface area contributed by atoms with E-state index < -0.39 is 0 Å². The van der Waals surface area contributed by atoms with Crippen LogP contribution in [0.4, 0.5) is 0 Å². The minimum absolute atomic E-state index is 0. The van der Waals surface area contributed by atoms with Crippen LogP contribution in [0.3, 0.4) is 0 Å². The van der Waals surface area contributed by atoms with Crippen molar-refractivity contribution in [1.29, 1.82) is 0 Å². The van der Waals surface area contributed by atoms with Gasteiger partial charge in [0.1, 0.15) is 0 Å². The summed E-state index contributed by atoms with van der Waals surface area (Å²) in [7, 11) is 0. The molecule has 0 aliphatic heterocycles. The van der Waals surface area contributed by atoms with E-state index in [4.69, 9.17) is 0 Å². The molecular formula is C6H12Ru. The largest absolute Gasteiger partial charge is 2.00 e. The van der Waals surface area contributed by atoms with Gasteiger partial charge < -0.3 is 14.9 Å². The van der Waals surface area contributed by atoms with Gasteiger partial charge in [-0.1, -0.05) is 25.3 Å². The van der Waals surface area contributed by atoms with Crippen molar-refractivity contribution in [2.75, 3.05) is 0 Å². The molecule has 0 radical (unpaired) electrons. The SMILES string of the molecule is C=CC=C.[CH3-].[CH3-].[Ru+2]. The molecule has 0 atom stereocenters. The number of hydrogen-bond donors (Lipinski definition) is 0. The topological polar surface area (TPSA) is 0 Å². The fourth-order valence-electron chi connectivity index (χ4n) is 0. The fraction of sp³-hybridized carbons (Fsp3) is 0. The van der Waals surface area contributed by atoms with E-state index in [0.29, 0.717) is 0 Å². The second kappa shape index (κ2) is 35.9. The van der Waals surface area contributed by atoms with Gasteiger partial charge in [0, 0.05) is 0 Å². The molecule has 0 rings (SSSR count). The Morgan fingerprint density at radius 3 is 1.00 bits per heavy atom. The van der Waals surface area contributed by atoms with Gasteiger partial charge in [-0.3, -0.25) is 0 Å². The van der Waals surface area contributed by atoms with Crippen LogP contribution in [0.15, 0.2) is 25.3 Å². The van der Waals surface area contributed by atoms with Gasteiger partial charge in [-0.25, -0.2) is 0 Å². The number of hydrogen-bond acceptors (Lipinski definition) is 0. The van der Waals surface area contributed by atoms with Gasteiger partial charge in [0.2, 0.25) is 0 Å². The van der Waals surface area contributed by atoms with Crippen LogP contribution in [0.5, 0.6) is 0 Å². The first-order valence-corrected chi connectivity index (χ1v) is 1.15. The fourth-order valence-corrected chi connectivity index (χ4v) is 0. The van der Waals surface area contributed by atoms with E-state index in [-0.39, 0.29) is 34.3 Å². The van der Waals surface area contributed by atoms with Gasteiger partial charge >= 0.3 is 19.5 Å². The molecule has 44 valence electrons. The predicted octanol–water partition coefficient (Wildman–Crippen LogP) is 2.26. The zero-order valence-corrected chi connectivity index (χ0v) is 6.66. The first-order valence-electron chi connectivity index (χ1n) is 1.15. The summed E-state index contributed by atoms with van der Waals surface area (Å²) in [6.07, 6.45) is 3.28. The van der Waals surface area contributed by atoms with Crippen LogP contribution in [0.2, 0.25) is 0 Å². The van der Waals surface area contributed by atoms with Crippen LogP contribution < -0.4 is 0 Å². The zero-order chi connectivity index (χ0) is 3.41. The van der Waals surface area contributed by atoms with Crippen molar-refractivity contribution in [3.05, 3.63) is 40.2 Å². The molecule has 0 aromatic carbocycles. The second-order valence-electron chi connectivity index (χ2n) is 0.471. The second-order valence-corrected chi connectivity index (χ2v) is 0.471. The van der Waals surface area contributed by atoms with Crippen molar-refractivity contribution in [3.63, 3.8) is 0 Å². The molecule has 0 amide bonds. The summed E-state index contributed by atoms with van der Waals surface area (Å²) in [5.74, 6) is 0.